The molecule has 1 aromatic heterocycles. The van der Waals surface area contributed by atoms with E-state index in [-0.39, 0.29) is 12.1 Å². The van der Waals surface area contributed by atoms with Gasteiger partial charge in [-0.05, 0) is 18.8 Å². The summed E-state index contributed by atoms with van der Waals surface area (Å²) in [4.78, 5) is 4.63. The van der Waals surface area contributed by atoms with Gasteiger partial charge in [0, 0.05) is 24.4 Å². The van der Waals surface area contributed by atoms with Crippen LogP contribution in [0.5, 0.6) is 0 Å². The summed E-state index contributed by atoms with van der Waals surface area (Å²) in [6.07, 6.45) is 3.39. The van der Waals surface area contributed by atoms with Crippen LogP contribution in [0.25, 0.3) is 0 Å². The van der Waals surface area contributed by atoms with Gasteiger partial charge in [-0.3, -0.25) is 0 Å². The Morgan fingerprint density at radius 3 is 3.06 bits per heavy atom. The van der Waals surface area contributed by atoms with E-state index in [0.717, 1.165) is 36.6 Å². The first kappa shape index (κ1) is 12.0. The van der Waals surface area contributed by atoms with Crippen LogP contribution in [0.15, 0.2) is 5.38 Å². The molecule has 0 saturated carbocycles. The van der Waals surface area contributed by atoms with Crippen molar-refractivity contribution in [2.45, 2.75) is 45.3 Å². The molecule has 0 amide bonds. The first-order valence-corrected chi connectivity index (χ1v) is 6.86. The fraction of sp³-hybridized carbons (Fsp3) is 0.750. The lowest BCUT2D eigenvalue weighted by molar-refractivity contribution is 0.111. The zero-order chi connectivity index (χ0) is 11.5. The van der Waals surface area contributed by atoms with E-state index in [2.05, 4.69) is 24.2 Å². The fourth-order valence-electron chi connectivity index (χ4n) is 1.81. The normalized spacial score (nSPS) is 22.9. The van der Waals surface area contributed by atoms with Crippen LogP contribution < -0.4 is 5.73 Å². The van der Waals surface area contributed by atoms with Crippen molar-refractivity contribution in [2.75, 3.05) is 6.61 Å². The average molecular weight is 240 g/mol. The van der Waals surface area contributed by atoms with Crippen molar-refractivity contribution in [1.29, 1.82) is 0 Å². The van der Waals surface area contributed by atoms with E-state index in [9.17, 15) is 0 Å². The van der Waals surface area contributed by atoms with Crippen LogP contribution in [0.2, 0.25) is 0 Å². The lowest BCUT2D eigenvalue weighted by Crippen LogP contribution is -2.28. The number of ether oxygens (including phenoxy) is 1. The number of hydrogen-bond acceptors (Lipinski definition) is 4. The van der Waals surface area contributed by atoms with Crippen LogP contribution in [-0.4, -0.2) is 17.6 Å². The van der Waals surface area contributed by atoms with Crippen LogP contribution >= 0.6 is 11.3 Å². The highest BCUT2D eigenvalue weighted by Crippen LogP contribution is 2.30. The van der Waals surface area contributed by atoms with E-state index in [4.69, 9.17) is 10.5 Å². The van der Waals surface area contributed by atoms with Gasteiger partial charge >= 0.3 is 0 Å². The number of aromatic nitrogens is 1. The van der Waals surface area contributed by atoms with Crippen LogP contribution in [0, 0.1) is 5.92 Å². The topological polar surface area (TPSA) is 48.1 Å². The molecule has 2 N–H and O–H groups in total. The van der Waals surface area contributed by atoms with Crippen molar-refractivity contribution in [3.05, 3.63) is 16.1 Å². The zero-order valence-corrected chi connectivity index (χ0v) is 10.8. The van der Waals surface area contributed by atoms with Gasteiger partial charge in [0.2, 0.25) is 0 Å². The molecule has 2 atom stereocenters. The molecule has 1 aliphatic rings. The molecule has 90 valence electrons. The lowest BCUT2D eigenvalue weighted by Gasteiger charge is -2.13. The number of thiazole rings is 1. The van der Waals surface area contributed by atoms with Gasteiger partial charge in [0.05, 0.1) is 5.69 Å². The number of hydrogen-bond donors (Lipinski definition) is 1. The van der Waals surface area contributed by atoms with Gasteiger partial charge in [-0.2, -0.15) is 0 Å². The maximum atomic E-state index is 6.04. The summed E-state index contributed by atoms with van der Waals surface area (Å²) < 4.78 is 5.62. The Labute approximate surface area is 101 Å². The zero-order valence-electron chi connectivity index (χ0n) is 9.98. The maximum absolute atomic E-state index is 6.04. The molecule has 2 heterocycles. The van der Waals surface area contributed by atoms with Gasteiger partial charge in [0.25, 0.3) is 0 Å². The van der Waals surface area contributed by atoms with Crippen LogP contribution in [0.4, 0.5) is 0 Å². The van der Waals surface area contributed by atoms with E-state index in [1.807, 2.05) is 0 Å². The molecule has 0 aliphatic carbocycles. The minimum absolute atomic E-state index is 0.208. The molecule has 0 spiro atoms. The molecular weight excluding hydrogens is 220 g/mol. The van der Waals surface area contributed by atoms with Crippen LogP contribution in [0.3, 0.4) is 0 Å². The highest BCUT2D eigenvalue weighted by atomic mass is 32.1. The molecule has 1 saturated heterocycles. The van der Waals surface area contributed by atoms with E-state index >= 15 is 0 Å². The molecule has 1 aromatic rings. The van der Waals surface area contributed by atoms with Crippen molar-refractivity contribution >= 4 is 11.3 Å². The summed E-state index contributed by atoms with van der Waals surface area (Å²) in [6.45, 7) is 5.18. The molecule has 0 aromatic carbocycles. The number of nitrogens with two attached hydrogens (primary N) is 1. The molecule has 0 radical (unpaired) electrons. The Morgan fingerprint density at radius 1 is 1.62 bits per heavy atom. The Balaban J connectivity index is 1.96. The van der Waals surface area contributed by atoms with Gasteiger partial charge in [0.15, 0.2) is 0 Å². The smallest absolute Gasteiger partial charge is 0.122 e. The highest BCUT2D eigenvalue weighted by molar-refractivity contribution is 7.09. The molecule has 0 bridgehead atoms. The predicted molar refractivity (Wildman–Crippen MR) is 66.6 cm³/mol. The summed E-state index contributed by atoms with van der Waals surface area (Å²) in [7, 11) is 0. The third-order valence-electron chi connectivity index (χ3n) is 3.08. The van der Waals surface area contributed by atoms with E-state index < -0.39 is 0 Å². The average Bonchev–Trinajstić information content (AvgIpc) is 2.85. The van der Waals surface area contributed by atoms with Gasteiger partial charge in [-0.25, -0.2) is 4.98 Å². The monoisotopic (exact) mass is 240 g/mol. The molecule has 1 aliphatic heterocycles. The quantitative estimate of drug-likeness (QED) is 0.879. The van der Waals surface area contributed by atoms with E-state index in [0.29, 0.717) is 5.92 Å². The van der Waals surface area contributed by atoms with Crippen LogP contribution in [-0.2, 0) is 11.2 Å². The first-order valence-electron chi connectivity index (χ1n) is 5.98. The SMILES string of the molecule is CC(C)C(N)Cc1csc(C2CCCO2)n1. The van der Waals surface area contributed by atoms with E-state index in [1.165, 1.54) is 0 Å². The minimum atomic E-state index is 0.208. The van der Waals surface area contributed by atoms with Crippen molar-refractivity contribution in [2.24, 2.45) is 11.7 Å². The molecular formula is C12H20N2OS. The largest absolute Gasteiger partial charge is 0.371 e. The second-order valence-corrected chi connectivity index (χ2v) is 5.68. The summed E-state index contributed by atoms with van der Waals surface area (Å²) >= 11 is 1.71. The number of nitrogens with zero attached hydrogens (tertiary/aromatic N) is 1. The summed E-state index contributed by atoms with van der Waals surface area (Å²) in [6, 6.07) is 0.208. The Morgan fingerprint density at radius 2 is 2.44 bits per heavy atom. The fourth-order valence-corrected chi connectivity index (χ4v) is 2.73. The third kappa shape index (κ3) is 2.81. The summed E-state index contributed by atoms with van der Waals surface area (Å²) in [5.74, 6) is 0.507. The van der Waals surface area contributed by atoms with Crippen LogP contribution in [0.1, 0.15) is 43.5 Å². The minimum Gasteiger partial charge on any atom is -0.371 e. The molecule has 2 unspecified atom stereocenters. The second kappa shape index (κ2) is 5.25. The van der Waals surface area contributed by atoms with Crippen molar-refractivity contribution in [3.63, 3.8) is 0 Å². The molecule has 1 fully saturated rings. The number of rotatable bonds is 4. The van der Waals surface area contributed by atoms with Gasteiger partial charge < -0.3 is 10.5 Å². The van der Waals surface area contributed by atoms with Gasteiger partial charge in [-0.15, -0.1) is 11.3 Å². The van der Waals surface area contributed by atoms with Gasteiger partial charge in [-0.1, -0.05) is 13.8 Å². The molecule has 2 rings (SSSR count). The Kier molecular flexibility index (Phi) is 3.95. The second-order valence-electron chi connectivity index (χ2n) is 4.79. The van der Waals surface area contributed by atoms with Gasteiger partial charge in [0.1, 0.15) is 11.1 Å². The highest BCUT2D eigenvalue weighted by Gasteiger charge is 2.21. The third-order valence-corrected chi connectivity index (χ3v) is 4.06. The Bertz CT molecular complexity index is 332. The lowest BCUT2D eigenvalue weighted by atomic mass is 10.0. The molecule has 4 heteroatoms. The first-order chi connectivity index (χ1) is 7.66. The van der Waals surface area contributed by atoms with E-state index in [1.54, 1.807) is 11.3 Å². The van der Waals surface area contributed by atoms with Crippen molar-refractivity contribution in [3.8, 4) is 0 Å². The Hall–Kier alpha value is -0.450. The molecule has 3 nitrogen and oxygen atoms in total. The standard InChI is InChI=1S/C12H20N2OS/c1-8(2)10(13)6-9-7-16-12(14-9)11-4-3-5-15-11/h7-8,10-11H,3-6,13H2,1-2H3. The summed E-state index contributed by atoms with van der Waals surface area (Å²) in [5.41, 5.74) is 7.17. The molecule has 16 heavy (non-hydrogen) atoms. The maximum Gasteiger partial charge on any atom is 0.122 e. The predicted octanol–water partition coefficient (Wildman–Crippen LogP) is 2.52. The summed E-state index contributed by atoms with van der Waals surface area (Å²) in [5, 5.41) is 3.25. The van der Waals surface area contributed by atoms with Crippen molar-refractivity contribution < 1.29 is 4.74 Å². The van der Waals surface area contributed by atoms with Crippen molar-refractivity contribution in [1.82, 2.24) is 4.98 Å².